The zero-order chi connectivity index (χ0) is 9.28. The molecule has 3 heteroatoms. The molecular weight excluding hydrogens is 150 g/mol. The molecule has 0 N–H and O–H groups in total. The highest BCUT2D eigenvalue weighted by Gasteiger charge is 2.42. The molecule has 0 amide bonds. The van der Waals surface area contributed by atoms with Crippen LogP contribution in [0.2, 0.25) is 0 Å². The third-order valence-electron chi connectivity index (χ3n) is 1.46. The molecule has 0 spiro atoms. The van der Waals surface area contributed by atoms with Crippen molar-refractivity contribution in [1.29, 1.82) is 0 Å². The molecule has 11 heavy (non-hydrogen) atoms. The molecule has 0 fully saturated rings. The number of carbonyl (C=O) groups excluding carboxylic acids is 1. The summed E-state index contributed by atoms with van der Waals surface area (Å²) in [7, 11) is 0. The van der Waals surface area contributed by atoms with Gasteiger partial charge in [0.15, 0.2) is 0 Å². The summed E-state index contributed by atoms with van der Waals surface area (Å²) in [5, 5.41) is 0. The molecule has 0 unspecified atom stereocenters. The van der Waals surface area contributed by atoms with E-state index >= 15 is 0 Å². The maximum atomic E-state index is 12.7. The SMILES string of the molecule is CCC(F)(F)C(=O)C(C)(C)C. The second-order valence-electron chi connectivity index (χ2n) is 3.64. The van der Waals surface area contributed by atoms with Crippen LogP contribution < -0.4 is 0 Å². The van der Waals surface area contributed by atoms with Gasteiger partial charge in [0.05, 0.1) is 0 Å². The Morgan fingerprint density at radius 1 is 1.27 bits per heavy atom. The Morgan fingerprint density at radius 2 is 1.64 bits per heavy atom. The molecule has 0 aromatic carbocycles. The summed E-state index contributed by atoms with van der Waals surface area (Å²) in [4.78, 5) is 11.0. The van der Waals surface area contributed by atoms with Crippen molar-refractivity contribution in [3.05, 3.63) is 0 Å². The van der Waals surface area contributed by atoms with Crippen molar-refractivity contribution in [2.75, 3.05) is 0 Å². The second-order valence-corrected chi connectivity index (χ2v) is 3.64. The van der Waals surface area contributed by atoms with Crippen LogP contribution in [0.25, 0.3) is 0 Å². The summed E-state index contributed by atoms with van der Waals surface area (Å²) < 4.78 is 25.4. The van der Waals surface area contributed by atoms with Gasteiger partial charge in [-0.2, -0.15) is 8.78 Å². The molecule has 0 rings (SSSR count). The summed E-state index contributed by atoms with van der Waals surface area (Å²) in [5.41, 5.74) is -0.945. The van der Waals surface area contributed by atoms with Gasteiger partial charge in [-0.3, -0.25) is 4.79 Å². The van der Waals surface area contributed by atoms with E-state index in [9.17, 15) is 13.6 Å². The highest BCUT2D eigenvalue weighted by atomic mass is 19.3. The predicted molar refractivity (Wildman–Crippen MR) is 39.7 cm³/mol. The highest BCUT2D eigenvalue weighted by molar-refractivity contribution is 5.90. The molecule has 0 aliphatic carbocycles. The van der Waals surface area contributed by atoms with Gasteiger partial charge in [-0.25, -0.2) is 0 Å². The average molecular weight is 164 g/mol. The topological polar surface area (TPSA) is 17.1 Å². The van der Waals surface area contributed by atoms with Gasteiger partial charge in [-0.15, -0.1) is 0 Å². The lowest BCUT2D eigenvalue weighted by molar-refractivity contribution is -0.151. The van der Waals surface area contributed by atoms with E-state index in [4.69, 9.17) is 0 Å². The third-order valence-corrected chi connectivity index (χ3v) is 1.46. The molecule has 1 nitrogen and oxygen atoms in total. The maximum Gasteiger partial charge on any atom is 0.305 e. The number of carbonyl (C=O) groups is 1. The minimum Gasteiger partial charge on any atom is -0.292 e. The monoisotopic (exact) mass is 164 g/mol. The van der Waals surface area contributed by atoms with Crippen LogP contribution in [0.4, 0.5) is 8.78 Å². The molecule has 0 saturated carbocycles. The molecule has 0 aromatic heterocycles. The average Bonchev–Trinajstić information content (AvgIpc) is 1.84. The summed E-state index contributed by atoms with van der Waals surface area (Å²) in [6.45, 7) is 5.81. The van der Waals surface area contributed by atoms with Crippen LogP contribution in [0.3, 0.4) is 0 Å². The van der Waals surface area contributed by atoms with Crippen molar-refractivity contribution in [1.82, 2.24) is 0 Å². The van der Waals surface area contributed by atoms with Crippen molar-refractivity contribution >= 4 is 5.78 Å². The van der Waals surface area contributed by atoms with Crippen LogP contribution in [0.5, 0.6) is 0 Å². The van der Waals surface area contributed by atoms with E-state index in [0.717, 1.165) is 0 Å². The van der Waals surface area contributed by atoms with E-state index < -0.39 is 23.5 Å². The Labute approximate surface area is 65.8 Å². The first-order valence-electron chi connectivity index (χ1n) is 3.64. The fourth-order valence-corrected chi connectivity index (χ4v) is 0.709. The number of hydrogen-bond acceptors (Lipinski definition) is 1. The molecule has 0 aliphatic rings. The Morgan fingerprint density at radius 3 is 1.73 bits per heavy atom. The summed E-state index contributed by atoms with van der Waals surface area (Å²) in [6, 6.07) is 0. The minimum absolute atomic E-state index is 0.414. The molecule has 0 saturated heterocycles. The summed E-state index contributed by atoms with van der Waals surface area (Å²) in [5.74, 6) is -4.13. The second kappa shape index (κ2) is 2.88. The fourth-order valence-electron chi connectivity index (χ4n) is 0.709. The van der Waals surface area contributed by atoms with Gasteiger partial charge in [0.1, 0.15) is 0 Å². The van der Waals surface area contributed by atoms with E-state index in [1.165, 1.54) is 27.7 Å². The van der Waals surface area contributed by atoms with Crippen molar-refractivity contribution in [3.8, 4) is 0 Å². The zero-order valence-electron chi connectivity index (χ0n) is 7.37. The van der Waals surface area contributed by atoms with Gasteiger partial charge in [0.25, 0.3) is 0 Å². The number of alkyl halides is 2. The third kappa shape index (κ3) is 2.56. The Bertz CT molecular complexity index is 156. The van der Waals surface area contributed by atoms with Crippen molar-refractivity contribution in [2.45, 2.75) is 40.0 Å². The molecule has 0 radical (unpaired) electrons. The van der Waals surface area contributed by atoms with Crippen LogP contribution in [-0.4, -0.2) is 11.7 Å². The summed E-state index contributed by atoms with van der Waals surface area (Å²) in [6.07, 6.45) is -0.414. The first-order valence-corrected chi connectivity index (χ1v) is 3.64. The molecule has 0 aromatic rings. The number of hydrogen-bond donors (Lipinski definition) is 0. The Balaban J connectivity index is 4.50. The van der Waals surface area contributed by atoms with Gasteiger partial charge in [-0.05, 0) is 0 Å². The van der Waals surface area contributed by atoms with Crippen LogP contribution in [0.1, 0.15) is 34.1 Å². The maximum absolute atomic E-state index is 12.7. The van der Waals surface area contributed by atoms with Crippen molar-refractivity contribution in [2.24, 2.45) is 5.41 Å². The number of ketones is 1. The van der Waals surface area contributed by atoms with Gasteiger partial charge in [-0.1, -0.05) is 27.7 Å². The zero-order valence-corrected chi connectivity index (χ0v) is 7.37. The van der Waals surface area contributed by atoms with Crippen LogP contribution in [-0.2, 0) is 4.79 Å². The molecule has 66 valence electrons. The first-order chi connectivity index (χ1) is 4.72. The van der Waals surface area contributed by atoms with Crippen LogP contribution in [0, 0.1) is 5.41 Å². The molecular formula is C8H14F2O. The number of halogens is 2. The first kappa shape index (κ1) is 10.5. The van der Waals surface area contributed by atoms with E-state index in [2.05, 4.69) is 0 Å². The fraction of sp³-hybridized carbons (Fsp3) is 0.875. The van der Waals surface area contributed by atoms with E-state index in [0.29, 0.717) is 0 Å². The largest absolute Gasteiger partial charge is 0.305 e. The van der Waals surface area contributed by atoms with Gasteiger partial charge < -0.3 is 0 Å². The predicted octanol–water partition coefficient (Wildman–Crippen LogP) is 2.65. The van der Waals surface area contributed by atoms with Crippen molar-refractivity contribution in [3.63, 3.8) is 0 Å². The number of rotatable bonds is 2. The lowest BCUT2D eigenvalue weighted by Gasteiger charge is -2.22. The van der Waals surface area contributed by atoms with Gasteiger partial charge in [0.2, 0.25) is 5.78 Å². The standard InChI is InChI=1S/C8H14F2O/c1-5-8(9,10)6(11)7(2,3)4/h5H2,1-4H3. The highest BCUT2D eigenvalue weighted by Crippen LogP contribution is 2.29. The Hall–Kier alpha value is -0.470. The van der Waals surface area contributed by atoms with E-state index in [-0.39, 0.29) is 0 Å². The lowest BCUT2D eigenvalue weighted by atomic mass is 9.86. The van der Waals surface area contributed by atoms with Crippen LogP contribution in [0.15, 0.2) is 0 Å². The lowest BCUT2D eigenvalue weighted by Crippen LogP contribution is -2.37. The Kier molecular flexibility index (Phi) is 2.75. The summed E-state index contributed by atoms with van der Waals surface area (Å²) >= 11 is 0. The number of Topliss-reactive ketones (excluding diaryl/α,β-unsaturated/α-hetero) is 1. The van der Waals surface area contributed by atoms with E-state index in [1.807, 2.05) is 0 Å². The molecule has 0 atom stereocenters. The van der Waals surface area contributed by atoms with Crippen molar-refractivity contribution < 1.29 is 13.6 Å². The van der Waals surface area contributed by atoms with Crippen LogP contribution >= 0.6 is 0 Å². The molecule has 0 heterocycles. The quantitative estimate of drug-likeness (QED) is 0.613. The van der Waals surface area contributed by atoms with Gasteiger partial charge in [0, 0.05) is 11.8 Å². The molecule has 0 bridgehead atoms. The smallest absolute Gasteiger partial charge is 0.292 e. The normalized spacial score (nSPS) is 13.3. The van der Waals surface area contributed by atoms with E-state index in [1.54, 1.807) is 0 Å². The molecule has 0 aliphatic heterocycles. The minimum atomic E-state index is -3.15. The van der Waals surface area contributed by atoms with Gasteiger partial charge >= 0.3 is 5.92 Å².